The molecule has 0 aliphatic heterocycles. The Balaban J connectivity index is 1.81. The average molecular weight is 314 g/mol. The number of hydrogen-bond acceptors (Lipinski definition) is 3. The van der Waals surface area contributed by atoms with Gasteiger partial charge >= 0.3 is 0 Å². The quantitative estimate of drug-likeness (QED) is 0.813. The number of amides is 1. The van der Waals surface area contributed by atoms with Crippen molar-refractivity contribution in [3.05, 3.63) is 35.6 Å². The van der Waals surface area contributed by atoms with Gasteiger partial charge in [0.15, 0.2) is 0 Å². The zero-order valence-electron chi connectivity index (χ0n) is 11.9. The summed E-state index contributed by atoms with van der Waals surface area (Å²) in [6, 6.07) is 6.33. The van der Waals surface area contributed by atoms with E-state index in [-0.39, 0.29) is 30.9 Å². The van der Waals surface area contributed by atoms with Crippen LogP contribution in [-0.4, -0.2) is 44.0 Å². The topological polar surface area (TPSA) is 66.5 Å². The Morgan fingerprint density at radius 3 is 2.62 bits per heavy atom. The first-order chi connectivity index (χ1) is 9.88. The Hall–Kier alpha value is -1.47. The molecule has 0 bridgehead atoms. The van der Waals surface area contributed by atoms with Gasteiger partial charge in [-0.25, -0.2) is 12.8 Å². The highest BCUT2D eigenvalue weighted by Crippen LogP contribution is 2.28. The average Bonchev–Trinajstić information content (AvgIpc) is 3.21. The predicted molar refractivity (Wildman–Crippen MR) is 77.7 cm³/mol. The second-order valence-corrected chi connectivity index (χ2v) is 7.17. The lowest BCUT2D eigenvalue weighted by molar-refractivity contribution is -0.121. The maximum absolute atomic E-state index is 13.4. The van der Waals surface area contributed by atoms with Crippen molar-refractivity contribution in [2.45, 2.75) is 25.3 Å². The molecule has 1 N–H and O–H groups in total. The van der Waals surface area contributed by atoms with Gasteiger partial charge in [0, 0.05) is 12.6 Å². The van der Waals surface area contributed by atoms with Gasteiger partial charge in [0.05, 0.1) is 12.8 Å². The van der Waals surface area contributed by atoms with E-state index < -0.39 is 10.0 Å². The predicted octanol–water partition coefficient (Wildman–Crippen LogP) is 0.908. The molecular weight excluding hydrogens is 295 g/mol. The summed E-state index contributed by atoms with van der Waals surface area (Å²) in [5.74, 6) is -0.661. The van der Waals surface area contributed by atoms with E-state index in [0.717, 1.165) is 19.1 Å². The molecule has 2 rings (SSSR count). The highest BCUT2D eigenvalue weighted by Gasteiger charge is 2.36. The Kier molecular flexibility index (Phi) is 4.95. The standard InChI is InChI=1S/C14H19FN2O3S/c1-21(19,20)17(12-6-7-12)10-14(18)16-9-8-11-4-2-3-5-13(11)15/h2-5,12H,6-10H2,1H3,(H,16,18). The highest BCUT2D eigenvalue weighted by molar-refractivity contribution is 7.88. The van der Waals surface area contributed by atoms with Crippen LogP contribution in [0.15, 0.2) is 24.3 Å². The van der Waals surface area contributed by atoms with E-state index in [0.29, 0.717) is 12.0 Å². The van der Waals surface area contributed by atoms with Crippen molar-refractivity contribution < 1.29 is 17.6 Å². The summed E-state index contributed by atoms with van der Waals surface area (Å²) in [6.07, 6.45) is 3.09. The summed E-state index contributed by atoms with van der Waals surface area (Å²) in [5.41, 5.74) is 0.528. The van der Waals surface area contributed by atoms with E-state index in [2.05, 4.69) is 5.32 Å². The van der Waals surface area contributed by atoms with E-state index in [1.807, 2.05) is 0 Å². The minimum Gasteiger partial charge on any atom is -0.355 e. The van der Waals surface area contributed by atoms with Crippen molar-refractivity contribution in [3.63, 3.8) is 0 Å². The molecule has 0 radical (unpaired) electrons. The molecule has 0 spiro atoms. The van der Waals surface area contributed by atoms with Crippen molar-refractivity contribution in [2.75, 3.05) is 19.3 Å². The first-order valence-corrected chi connectivity index (χ1v) is 8.69. The molecule has 1 fully saturated rings. The van der Waals surface area contributed by atoms with Crippen LogP contribution in [-0.2, 0) is 21.2 Å². The van der Waals surface area contributed by atoms with Gasteiger partial charge in [0.25, 0.3) is 0 Å². The lowest BCUT2D eigenvalue weighted by Gasteiger charge is -2.18. The zero-order valence-corrected chi connectivity index (χ0v) is 12.7. The van der Waals surface area contributed by atoms with Gasteiger partial charge in [0.1, 0.15) is 5.82 Å². The first-order valence-electron chi connectivity index (χ1n) is 6.85. The molecule has 0 unspecified atom stereocenters. The van der Waals surface area contributed by atoms with E-state index in [4.69, 9.17) is 0 Å². The lowest BCUT2D eigenvalue weighted by atomic mass is 10.1. The van der Waals surface area contributed by atoms with Gasteiger partial charge in [-0.2, -0.15) is 4.31 Å². The number of carbonyl (C=O) groups excluding carboxylic acids is 1. The van der Waals surface area contributed by atoms with E-state index in [1.54, 1.807) is 18.2 Å². The molecule has 21 heavy (non-hydrogen) atoms. The van der Waals surface area contributed by atoms with Crippen molar-refractivity contribution in [3.8, 4) is 0 Å². The number of carbonyl (C=O) groups is 1. The molecule has 1 saturated carbocycles. The fraction of sp³-hybridized carbons (Fsp3) is 0.500. The van der Waals surface area contributed by atoms with Crippen LogP contribution >= 0.6 is 0 Å². The third-order valence-corrected chi connectivity index (χ3v) is 4.63. The third-order valence-electron chi connectivity index (χ3n) is 3.35. The molecule has 1 amide bonds. The summed E-state index contributed by atoms with van der Waals surface area (Å²) in [5, 5.41) is 2.63. The molecule has 1 aliphatic carbocycles. The third kappa shape index (κ3) is 4.78. The fourth-order valence-electron chi connectivity index (χ4n) is 2.11. The summed E-state index contributed by atoms with van der Waals surface area (Å²) in [7, 11) is -3.37. The van der Waals surface area contributed by atoms with E-state index in [9.17, 15) is 17.6 Å². The summed E-state index contributed by atoms with van der Waals surface area (Å²) >= 11 is 0. The van der Waals surface area contributed by atoms with Gasteiger partial charge in [0.2, 0.25) is 15.9 Å². The lowest BCUT2D eigenvalue weighted by Crippen LogP contribution is -2.41. The van der Waals surface area contributed by atoms with Crippen LogP contribution in [0, 0.1) is 5.82 Å². The number of sulfonamides is 1. The first kappa shape index (κ1) is 15.9. The number of benzene rings is 1. The van der Waals surface area contributed by atoms with Crippen LogP contribution in [0.5, 0.6) is 0 Å². The second-order valence-electron chi connectivity index (χ2n) is 5.23. The second kappa shape index (κ2) is 6.53. The number of halogens is 1. The van der Waals surface area contributed by atoms with Crippen molar-refractivity contribution in [1.29, 1.82) is 0 Å². The zero-order chi connectivity index (χ0) is 15.5. The van der Waals surface area contributed by atoms with Gasteiger partial charge < -0.3 is 5.32 Å². The molecule has 0 saturated heterocycles. The Morgan fingerprint density at radius 2 is 2.05 bits per heavy atom. The largest absolute Gasteiger partial charge is 0.355 e. The molecule has 0 aromatic heterocycles. The molecule has 116 valence electrons. The van der Waals surface area contributed by atoms with Crippen LogP contribution in [0.3, 0.4) is 0 Å². The Morgan fingerprint density at radius 1 is 1.38 bits per heavy atom. The van der Waals surface area contributed by atoms with Gasteiger partial charge in [-0.05, 0) is 30.9 Å². The minimum atomic E-state index is -3.37. The molecule has 1 aromatic carbocycles. The van der Waals surface area contributed by atoms with E-state index >= 15 is 0 Å². The Bertz CT molecular complexity index is 614. The van der Waals surface area contributed by atoms with E-state index in [1.165, 1.54) is 10.4 Å². The van der Waals surface area contributed by atoms with Crippen LogP contribution in [0.4, 0.5) is 4.39 Å². The molecule has 0 atom stereocenters. The van der Waals surface area contributed by atoms with Gasteiger partial charge in [-0.1, -0.05) is 18.2 Å². The van der Waals surface area contributed by atoms with Crippen LogP contribution < -0.4 is 5.32 Å². The molecule has 5 nitrogen and oxygen atoms in total. The van der Waals surface area contributed by atoms with Crippen molar-refractivity contribution >= 4 is 15.9 Å². The molecule has 1 aromatic rings. The van der Waals surface area contributed by atoms with Crippen LogP contribution in [0.2, 0.25) is 0 Å². The number of nitrogens with one attached hydrogen (secondary N) is 1. The highest BCUT2D eigenvalue weighted by atomic mass is 32.2. The molecule has 1 aliphatic rings. The van der Waals surface area contributed by atoms with Gasteiger partial charge in [-0.15, -0.1) is 0 Å². The van der Waals surface area contributed by atoms with Gasteiger partial charge in [-0.3, -0.25) is 4.79 Å². The van der Waals surface area contributed by atoms with Crippen LogP contribution in [0.25, 0.3) is 0 Å². The SMILES string of the molecule is CS(=O)(=O)N(CC(=O)NCCc1ccccc1F)C1CC1. The number of rotatable bonds is 7. The molecular formula is C14H19FN2O3S. The summed E-state index contributed by atoms with van der Waals surface area (Å²) in [6.45, 7) is 0.114. The molecule has 0 heterocycles. The smallest absolute Gasteiger partial charge is 0.235 e. The number of hydrogen-bond donors (Lipinski definition) is 1. The van der Waals surface area contributed by atoms with Crippen molar-refractivity contribution in [2.24, 2.45) is 0 Å². The Labute approximate surface area is 124 Å². The molecule has 7 heteroatoms. The summed E-state index contributed by atoms with van der Waals surface area (Å²) < 4.78 is 37.8. The maximum atomic E-state index is 13.4. The maximum Gasteiger partial charge on any atom is 0.235 e. The normalized spacial score (nSPS) is 15.2. The number of nitrogens with zero attached hydrogens (tertiary/aromatic N) is 1. The van der Waals surface area contributed by atoms with Crippen molar-refractivity contribution in [1.82, 2.24) is 9.62 Å². The fourth-order valence-corrected chi connectivity index (χ4v) is 3.22. The summed E-state index contributed by atoms with van der Waals surface area (Å²) in [4.78, 5) is 11.8. The minimum absolute atomic E-state index is 0.0442. The monoisotopic (exact) mass is 314 g/mol. The van der Waals surface area contributed by atoms with Crippen LogP contribution in [0.1, 0.15) is 18.4 Å².